The highest BCUT2D eigenvalue weighted by molar-refractivity contribution is 5.89. The van der Waals surface area contributed by atoms with Gasteiger partial charge in [-0.3, -0.25) is 0 Å². The molecule has 0 saturated heterocycles. The second-order valence-corrected chi connectivity index (χ2v) is 5.15. The van der Waals surface area contributed by atoms with Crippen LogP contribution in [0, 0.1) is 11.3 Å². The van der Waals surface area contributed by atoms with E-state index in [1.807, 2.05) is 6.07 Å². The van der Waals surface area contributed by atoms with Crippen molar-refractivity contribution in [3.8, 4) is 11.8 Å². The van der Waals surface area contributed by atoms with Gasteiger partial charge in [-0.2, -0.15) is 5.26 Å². The van der Waals surface area contributed by atoms with Gasteiger partial charge in [0.1, 0.15) is 24.2 Å². The fourth-order valence-corrected chi connectivity index (χ4v) is 1.94. The van der Waals surface area contributed by atoms with Crippen molar-refractivity contribution in [3.63, 3.8) is 0 Å². The van der Waals surface area contributed by atoms with E-state index in [4.69, 9.17) is 10.00 Å². The third-order valence-corrected chi connectivity index (χ3v) is 3.25. The summed E-state index contributed by atoms with van der Waals surface area (Å²) in [5.41, 5.74) is 0.546. The number of hydrogen-bond acceptors (Lipinski definition) is 6. The molecule has 6 nitrogen and oxygen atoms in total. The maximum Gasteiger partial charge on any atom is 0.573 e. The van der Waals surface area contributed by atoms with E-state index in [9.17, 15) is 18.0 Å². The number of pyridine rings is 1. The summed E-state index contributed by atoms with van der Waals surface area (Å²) < 4.78 is 45.1. The van der Waals surface area contributed by atoms with E-state index in [0.717, 1.165) is 12.1 Å². The fourth-order valence-electron chi connectivity index (χ4n) is 1.94. The number of halogens is 3. The second-order valence-electron chi connectivity index (χ2n) is 5.15. The first-order chi connectivity index (χ1) is 12.3. The number of alkyl halides is 3. The summed E-state index contributed by atoms with van der Waals surface area (Å²) >= 11 is 0. The van der Waals surface area contributed by atoms with Gasteiger partial charge in [-0.15, -0.1) is 13.2 Å². The van der Waals surface area contributed by atoms with Gasteiger partial charge in [-0.05, 0) is 36.4 Å². The monoisotopic (exact) mass is 365 g/mol. The minimum atomic E-state index is -4.79. The summed E-state index contributed by atoms with van der Waals surface area (Å²) in [6.45, 7) is 0.401. The highest BCUT2D eigenvalue weighted by atomic mass is 19.4. The summed E-state index contributed by atoms with van der Waals surface area (Å²) in [7, 11) is 1.74. The topological polar surface area (TPSA) is 75.4 Å². The van der Waals surface area contributed by atoms with Crippen LogP contribution in [-0.4, -0.2) is 37.5 Å². The minimum absolute atomic E-state index is 0.0534. The Labute approximate surface area is 147 Å². The normalized spacial score (nSPS) is 10.7. The van der Waals surface area contributed by atoms with E-state index in [0.29, 0.717) is 17.9 Å². The van der Waals surface area contributed by atoms with Crippen molar-refractivity contribution in [2.75, 3.05) is 25.1 Å². The molecule has 0 fully saturated rings. The quantitative estimate of drug-likeness (QED) is 0.732. The van der Waals surface area contributed by atoms with Gasteiger partial charge >= 0.3 is 12.3 Å². The number of likely N-dealkylation sites (N-methyl/N-ethyl adjacent to an activating group) is 1. The van der Waals surface area contributed by atoms with E-state index in [1.165, 1.54) is 18.3 Å². The molecule has 0 radical (unpaired) electrons. The summed E-state index contributed by atoms with van der Waals surface area (Å²) in [5, 5.41) is 8.73. The molecule has 0 spiro atoms. The van der Waals surface area contributed by atoms with Crippen LogP contribution in [0.2, 0.25) is 0 Å². The van der Waals surface area contributed by atoms with Crippen molar-refractivity contribution in [3.05, 3.63) is 53.7 Å². The van der Waals surface area contributed by atoms with Crippen molar-refractivity contribution in [1.29, 1.82) is 5.26 Å². The molecule has 136 valence electrons. The second kappa shape index (κ2) is 8.20. The molecule has 0 saturated carbocycles. The Hall–Kier alpha value is -3.28. The molecule has 1 heterocycles. The zero-order chi connectivity index (χ0) is 19.2. The molecule has 1 aromatic heterocycles. The largest absolute Gasteiger partial charge is 0.573 e. The molecular weight excluding hydrogens is 351 g/mol. The van der Waals surface area contributed by atoms with Crippen molar-refractivity contribution >= 4 is 11.8 Å². The molecule has 2 aromatic rings. The molecular formula is C17H14F3N3O3. The van der Waals surface area contributed by atoms with Crippen molar-refractivity contribution in [2.45, 2.75) is 6.36 Å². The number of nitriles is 1. The Morgan fingerprint density at radius 2 is 1.92 bits per heavy atom. The summed E-state index contributed by atoms with van der Waals surface area (Å²) in [6, 6.07) is 9.71. The predicted octanol–water partition coefficient (Wildman–Crippen LogP) is 3.15. The molecule has 0 atom stereocenters. The summed E-state index contributed by atoms with van der Waals surface area (Å²) in [4.78, 5) is 17.7. The number of rotatable bonds is 6. The maximum absolute atomic E-state index is 12.1. The van der Waals surface area contributed by atoms with Crippen LogP contribution >= 0.6 is 0 Å². The highest BCUT2D eigenvalue weighted by Gasteiger charge is 2.31. The van der Waals surface area contributed by atoms with Gasteiger partial charge in [0.15, 0.2) is 0 Å². The number of aromatic nitrogens is 1. The van der Waals surface area contributed by atoms with Crippen LogP contribution in [0.1, 0.15) is 15.9 Å². The average Bonchev–Trinajstić information content (AvgIpc) is 2.61. The molecule has 1 aromatic carbocycles. The number of anilines is 1. The number of hydrogen-bond donors (Lipinski definition) is 0. The number of ether oxygens (including phenoxy) is 2. The molecule has 26 heavy (non-hydrogen) atoms. The third-order valence-electron chi connectivity index (χ3n) is 3.25. The van der Waals surface area contributed by atoms with E-state index in [2.05, 4.69) is 9.72 Å². The van der Waals surface area contributed by atoms with E-state index < -0.39 is 18.1 Å². The fraction of sp³-hybridized carbons (Fsp3) is 0.235. The molecule has 0 N–H and O–H groups in total. The molecule has 0 aliphatic heterocycles. The van der Waals surface area contributed by atoms with E-state index in [1.54, 1.807) is 24.1 Å². The zero-order valence-electron chi connectivity index (χ0n) is 13.7. The molecule has 0 amide bonds. The Balaban J connectivity index is 1.83. The van der Waals surface area contributed by atoms with Gasteiger partial charge < -0.3 is 14.4 Å². The van der Waals surface area contributed by atoms with Gasteiger partial charge in [0.25, 0.3) is 0 Å². The zero-order valence-corrected chi connectivity index (χ0v) is 13.7. The Morgan fingerprint density at radius 3 is 2.46 bits per heavy atom. The van der Waals surface area contributed by atoms with Crippen LogP contribution < -0.4 is 9.64 Å². The smallest absolute Gasteiger partial charge is 0.460 e. The van der Waals surface area contributed by atoms with E-state index in [-0.39, 0.29) is 12.2 Å². The third kappa shape index (κ3) is 5.66. The van der Waals surface area contributed by atoms with Gasteiger partial charge in [0, 0.05) is 13.2 Å². The van der Waals surface area contributed by atoms with Crippen LogP contribution in [0.4, 0.5) is 19.0 Å². The Kier molecular flexibility index (Phi) is 6.01. The molecule has 0 aliphatic rings. The van der Waals surface area contributed by atoms with Crippen LogP contribution in [-0.2, 0) is 4.74 Å². The van der Waals surface area contributed by atoms with Gasteiger partial charge in [0.05, 0.1) is 17.7 Å². The van der Waals surface area contributed by atoms with Gasteiger partial charge in [0.2, 0.25) is 0 Å². The first kappa shape index (κ1) is 19.1. The van der Waals surface area contributed by atoms with Crippen molar-refractivity contribution in [2.24, 2.45) is 0 Å². The molecule has 0 aliphatic carbocycles. The highest BCUT2D eigenvalue weighted by Crippen LogP contribution is 2.22. The Morgan fingerprint density at radius 1 is 1.23 bits per heavy atom. The summed E-state index contributed by atoms with van der Waals surface area (Å²) in [6.07, 6.45) is -3.35. The molecule has 0 bridgehead atoms. The summed E-state index contributed by atoms with van der Waals surface area (Å²) in [5.74, 6) is -0.473. The van der Waals surface area contributed by atoms with Crippen LogP contribution in [0.25, 0.3) is 0 Å². The van der Waals surface area contributed by atoms with Crippen LogP contribution in [0.15, 0.2) is 42.6 Å². The van der Waals surface area contributed by atoms with Crippen LogP contribution in [0.3, 0.4) is 0 Å². The maximum atomic E-state index is 12.1. The Bertz CT molecular complexity index is 784. The SMILES string of the molecule is CN(CCOC(=O)c1ccc(OC(F)(F)F)cc1)c1ccc(C#N)cn1. The van der Waals surface area contributed by atoms with Crippen molar-refractivity contribution < 1.29 is 27.4 Å². The number of benzene rings is 1. The number of nitrogens with zero attached hydrogens (tertiary/aromatic N) is 3. The molecule has 2 rings (SSSR count). The standard InChI is InChI=1S/C17H14F3N3O3/c1-23(15-7-2-12(10-21)11-22-15)8-9-25-16(24)13-3-5-14(6-4-13)26-17(18,19)20/h2-7,11H,8-9H2,1H3. The number of carbonyl (C=O) groups is 1. The lowest BCUT2D eigenvalue weighted by Crippen LogP contribution is -2.24. The average molecular weight is 365 g/mol. The van der Waals surface area contributed by atoms with Gasteiger partial charge in [-0.25, -0.2) is 9.78 Å². The van der Waals surface area contributed by atoms with Crippen molar-refractivity contribution in [1.82, 2.24) is 4.98 Å². The van der Waals surface area contributed by atoms with Crippen LogP contribution in [0.5, 0.6) is 5.75 Å². The first-order valence-electron chi connectivity index (χ1n) is 7.39. The predicted molar refractivity (Wildman–Crippen MR) is 85.6 cm³/mol. The molecule has 9 heteroatoms. The molecule has 0 unspecified atom stereocenters. The minimum Gasteiger partial charge on any atom is -0.460 e. The number of esters is 1. The lowest BCUT2D eigenvalue weighted by molar-refractivity contribution is -0.274. The van der Waals surface area contributed by atoms with Gasteiger partial charge in [-0.1, -0.05) is 0 Å². The first-order valence-corrected chi connectivity index (χ1v) is 7.39. The lowest BCUT2D eigenvalue weighted by Gasteiger charge is -2.17. The number of carbonyl (C=O) groups excluding carboxylic acids is 1. The van der Waals surface area contributed by atoms with E-state index >= 15 is 0 Å². The lowest BCUT2D eigenvalue weighted by atomic mass is 10.2.